The van der Waals surface area contributed by atoms with Crippen LogP contribution in [-0.4, -0.2) is 21.0 Å². The van der Waals surface area contributed by atoms with E-state index in [0.717, 1.165) is 22.2 Å². The number of hydrogen-bond donors (Lipinski definition) is 1. The van der Waals surface area contributed by atoms with Gasteiger partial charge in [0.05, 0.1) is 23.5 Å². The molecule has 0 amide bonds. The Hall–Kier alpha value is -2.98. The van der Waals surface area contributed by atoms with Crippen LogP contribution in [0.25, 0.3) is 16.6 Å². The van der Waals surface area contributed by atoms with Gasteiger partial charge in [-0.2, -0.15) is 5.10 Å². The summed E-state index contributed by atoms with van der Waals surface area (Å²) >= 11 is 0. The smallest absolute Gasteiger partial charge is 0.123 e. The molecule has 2 atom stereocenters. The number of aliphatic hydroxyl groups is 1. The first kappa shape index (κ1) is 19.3. The zero-order chi connectivity index (χ0) is 20.6. The minimum Gasteiger partial charge on any atom is -0.393 e. The third kappa shape index (κ3) is 3.56. The summed E-state index contributed by atoms with van der Waals surface area (Å²) in [6, 6.07) is 22.9. The molecule has 2 unspecified atom stereocenters. The van der Waals surface area contributed by atoms with E-state index in [1.165, 1.54) is 17.7 Å². The topological polar surface area (TPSA) is 38.1 Å². The van der Waals surface area contributed by atoms with E-state index in [1.807, 2.05) is 36.0 Å². The zero-order valence-corrected chi connectivity index (χ0v) is 16.9. The molecule has 1 heterocycles. The molecule has 0 spiro atoms. The van der Waals surface area contributed by atoms with Gasteiger partial charge in [-0.3, -0.25) is 0 Å². The molecule has 0 saturated carbocycles. The minimum absolute atomic E-state index is 0.0299. The Bertz CT molecular complexity index is 1110. The van der Waals surface area contributed by atoms with Gasteiger partial charge in [-0.15, -0.1) is 0 Å². The SMILES string of the molecule is CC(O)C(C)(C)C(c1ccccc1)c1ccc2c(cnn2-c2ccc(F)cc2)c1. The van der Waals surface area contributed by atoms with Crippen molar-refractivity contribution >= 4 is 10.9 Å². The van der Waals surface area contributed by atoms with Crippen molar-refractivity contribution in [1.82, 2.24) is 9.78 Å². The highest BCUT2D eigenvalue weighted by atomic mass is 19.1. The molecule has 0 aliphatic heterocycles. The molecular weight excluding hydrogens is 363 g/mol. The molecule has 4 heteroatoms. The highest BCUT2D eigenvalue weighted by Gasteiger charge is 2.36. The Balaban J connectivity index is 1.82. The van der Waals surface area contributed by atoms with Crippen molar-refractivity contribution in [1.29, 1.82) is 0 Å². The van der Waals surface area contributed by atoms with Crippen molar-refractivity contribution in [3.63, 3.8) is 0 Å². The molecule has 0 aliphatic carbocycles. The van der Waals surface area contributed by atoms with Gasteiger partial charge in [-0.25, -0.2) is 9.07 Å². The van der Waals surface area contributed by atoms with Gasteiger partial charge in [-0.1, -0.05) is 50.2 Å². The van der Waals surface area contributed by atoms with Crippen LogP contribution in [0.4, 0.5) is 4.39 Å². The molecular formula is C25H25FN2O. The minimum atomic E-state index is -0.481. The van der Waals surface area contributed by atoms with Crippen LogP contribution < -0.4 is 0 Å². The Morgan fingerprint density at radius 1 is 0.931 bits per heavy atom. The lowest BCUT2D eigenvalue weighted by Crippen LogP contribution is -2.34. The van der Waals surface area contributed by atoms with Crippen LogP contribution in [0.3, 0.4) is 0 Å². The van der Waals surface area contributed by atoms with Gasteiger partial charge in [0, 0.05) is 16.7 Å². The van der Waals surface area contributed by atoms with E-state index >= 15 is 0 Å². The van der Waals surface area contributed by atoms with Gasteiger partial charge in [0.2, 0.25) is 0 Å². The fourth-order valence-electron chi connectivity index (χ4n) is 3.96. The predicted molar refractivity (Wildman–Crippen MR) is 115 cm³/mol. The maximum Gasteiger partial charge on any atom is 0.123 e. The second-order valence-electron chi connectivity index (χ2n) is 8.19. The predicted octanol–water partition coefficient (Wildman–Crippen LogP) is 5.70. The van der Waals surface area contributed by atoms with E-state index in [1.54, 1.807) is 12.1 Å². The second-order valence-corrected chi connectivity index (χ2v) is 8.19. The first-order chi connectivity index (χ1) is 13.9. The highest BCUT2D eigenvalue weighted by molar-refractivity contribution is 5.81. The highest BCUT2D eigenvalue weighted by Crippen LogP contribution is 2.43. The fraction of sp³-hybridized carbons (Fsp3) is 0.240. The number of aromatic nitrogens is 2. The largest absolute Gasteiger partial charge is 0.393 e. The third-order valence-electron chi connectivity index (χ3n) is 5.95. The van der Waals surface area contributed by atoms with E-state index in [0.29, 0.717) is 0 Å². The molecule has 4 aromatic rings. The number of halogens is 1. The molecule has 3 aromatic carbocycles. The Morgan fingerprint density at radius 2 is 1.62 bits per heavy atom. The summed E-state index contributed by atoms with van der Waals surface area (Å²) in [6.45, 7) is 6.05. The van der Waals surface area contributed by atoms with Crippen molar-refractivity contribution in [2.75, 3.05) is 0 Å². The first-order valence-electron chi connectivity index (χ1n) is 9.84. The van der Waals surface area contributed by atoms with Crippen molar-refractivity contribution < 1.29 is 9.50 Å². The van der Waals surface area contributed by atoms with Gasteiger partial charge in [0.1, 0.15) is 5.82 Å². The average Bonchev–Trinajstić information content (AvgIpc) is 3.12. The molecule has 1 aromatic heterocycles. The lowest BCUT2D eigenvalue weighted by Gasteiger charge is -2.38. The summed E-state index contributed by atoms with van der Waals surface area (Å²) in [6.07, 6.45) is 1.35. The molecule has 0 aliphatic rings. The van der Waals surface area contributed by atoms with E-state index in [-0.39, 0.29) is 17.2 Å². The summed E-state index contributed by atoms with van der Waals surface area (Å²) in [5, 5.41) is 16.0. The number of aliphatic hydroxyl groups excluding tert-OH is 1. The van der Waals surface area contributed by atoms with Crippen molar-refractivity contribution in [3.8, 4) is 5.69 Å². The average molecular weight is 388 g/mol. The zero-order valence-electron chi connectivity index (χ0n) is 16.9. The summed E-state index contributed by atoms with van der Waals surface area (Å²) in [4.78, 5) is 0. The number of rotatable bonds is 5. The van der Waals surface area contributed by atoms with Crippen molar-refractivity contribution in [2.45, 2.75) is 32.8 Å². The monoisotopic (exact) mass is 388 g/mol. The molecule has 148 valence electrons. The van der Waals surface area contributed by atoms with E-state index in [9.17, 15) is 9.50 Å². The number of hydrogen-bond acceptors (Lipinski definition) is 2. The third-order valence-corrected chi connectivity index (χ3v) is 5.95. The Morgan fingerprint density at radius 3 is 2.28 bits per heavy atom. The fourth-order valence-corrected chi connectivity index (χ4v) is 3.96. The summed E-state index contributed by atoms with van der Waals surface area (Å²) in [5.74, 6) is -0.235. The Labute approximate surface area is 170 Å². The van der Waals surface area contributed by atoms with Crippen LogP contribution >= 0.6 is 0 Å². The van der Waals surface area contributed by atoms with Crippen LogP contribution in [0, 0.1) is 11.2 Å². The van der Waals surface area contributed by atoms with Crippen molar-refractivity contribution in [2.24, 2.45) is 5.41 Å². The quantitative estimate of drug-likeness (QED) is 0.476. The lowest BCUT2D eigenvalue weighted by molar-refractivity contribution is 0.0539. The van der Waals surface area contributed by atoms with Gasteiger partial charge in [0.15, 0.2) is 0 Å². The summed E-state index contributed by atoms with van der Waals surface area (Å²) < 4.78 is 15.1. The summed E-state index contributed by atoms with van der Waals surface area (Å²) in [7, 11) is 0. The number of benzene rings is 3. The summed E-state index contributed by atoms with van der Waals surface area (Å²) in [5.41, 5.74) is 3.72. The number of nitrogens with zero attached hydrogens (tertiary/aromatic N) is 2. The van der Waals surface area contributed by atoms with E-state index < -0.39 is 6.10 Å². The lowest BCUT2D eigenvalue weighted by atomic mass is 9.68. The molecule has 3 nitrogen and oxygen atoms in total. The van der Waals surface area contributed by atoms with E-state index in [4.69, 9.17) is 0 Å². The standard InChI is InChI=1S/C25H25FN2O/c1-17(29)25(2,3)24(18-7-5-4-6-8-18)19-9-14-23-20(15-19)16-27-28(23)22-12-10-21(26)11-13-22/h4-17,24,29H,1-3H3. The molecule has 0 fully saturated rings. The normalized spacial score (nSPS) is 14.1. The molecule has 29 heavy (non-hydrogen) atoms. The van der Waals surface area contributed by atoms with Crippen LogP contribution in [-0.2, 0) is 0 Å². The van der Waals surface area contributed by atoms with Crippen LogP contribution in [0.2, 0.25) is 0 Å². The van der Waals surface area contributed by atoms with Gasteiger partial charge < -0.3 is 5.11 Å². The van der Waals surface area contributed by atoms with Gasteiger partial charge in [0.25, 0.3) is 0 Å². The molecule has 0 bridgehead atoms. The number of fused-ring (bicyclic) bond motifs is 1. The van der Waals surface area contributed by atoms with E-state index in [2.05, 4.69) is 49.3 Å². The van der Waals surface area contributed by atoms with Crippen LogP contribution in [0.15, 0.2) is 79.0 Å². The second kappa shape index (κ2) is 7.45. The van der Waals surface area contributed by atoms with Gasteiger partial charge in [-0.05, 0) is 54.4 Å². The molecule has 0 radical (unpaired) electrons. The van der Waals surface area contributed by atoms with Crippen LogP contribution in [0.5, 0.6) is 0 Å². The maximum atomic E-state index is 13.3. The van der Waals surface area contributed by atoms with Crippen molar-refractivity contribution in [3.05, 3.63) is 95.9 Å². The van der Waals surface area contributed by atoms with Crippen LogP contribution in [0.1, 0.15) is 37.8 Å². The molecule has 1 N–H and O–H groups in total. The maximum absolute atomic E-state index is 13.3. The van der Waals surface area contributed by atoms with Gasteiger partial charge >= 0.3 is 0 Å². The first-order valence-corrected chi connectivity index (χ1v) is 9.84. The molecule has 0 saturated heterocycles. The Kier molecular flexibility index (Phi) is 4.97. The molecule has 4 rings (SSSR count).